The molecule has 1 atom stereocenters. The summed E-state index contributed by atoms with van der Waals surface area (Å²) in [6.45, 7) is 4.71. The van der Waals surface area contributed by atoms with Gasteiger partial charge in [0.25, 0.3) is 5.91 Å². The number of fused-ring (bicyclic) bond motifs is 1. The third-order valence-corrected chi connectivity index (χ3v) is 7.29. The Bertz CT molecular complexity index is 1370. The van der Waals surface area contributed by atoms with E-state index in [2.05, 4.69) is 21.2 Å². The number of aryl methyl sites for hydroxylation is 1. The molecule has 0 fully saturated rings. The molecule has 0 saturated carbocycles. The molecular weight excluding hydrogens is 540 g/mol. The molecule has 4 aromatic rings. The molecule has 0 aliphatic carbocycles. The van der Waals surface area contributed by atoms with Gasteiger partial charge in [-0.05, 0) is 57.2 Å². The molecular formula is C32H33BrN2O3. The average Bonchev–Trinajstić information content (AvgIpc) is 2.94. The summed E-state index contributed by atoms with van der Waals surface area (Å²) in [5.41, 5.74) is 3.08. The summed E-state index contributed by atoms with van der Waals surface area (Å²) >= 11 is 3.64. The highest BCUT2D eigenvalue weighted by Crippen LogP contribution is 2.33. The molecule has 0 unspecified atom stereocenters. The number of hydrogen-bond donors (Lipinski definition) is 1. The minimum absolute atomic E-state index is 0.164. The average molecular weight is 574 g/mol. The second-order valence-corrected chi connectivity index (χ2v) is 10.2. The van der Waals surface area contributed by atoms with Crippen LogP contribution in [0.3, 0.4) is 0 Å². The van der Waals surface area contributed by atoms with E-state index in [1.807, 2.05) is 105 Å². The van der Waals surface area contributed by atoms with Gasteiger partial charge < -0.3 is 15.0 Å². The fourth-order valence-corrected chi connectivity index (χ4v) is 4.97. The molecule has 2 amide bonds. The minimum atomic E-state index is -0.679. The van der Waals surface area contributed by atoms with Gasteiger partial charge in [-0.15, -0.1) is 0 Å². The summed E-state index contributed by atoms with van der Waals surface area (Å²) in [6.07, 6.45) is 1.22. The van der Waals surface area contributed by atoms with E-state index >= 15 is 0 Å². The Kier molecular flexibility index (Phi) is 9.55. The molecule has 5 nitrogen and oxygen atoms in total. The molecule has 38 heavy (non-hydrogen) atoms. The summed E-state index contributed by atoms with van der Waals surface area (Å²) in [5.74, 6) is 0.170. The van der Waals surface area contributed by atoms with Crippen molar-refractivity contribution < 1.29 is 14.3 Å². The molecule has 1 N–H and O–H groups in total. The van der Waals surface area contributed by atoms with Crippen molar-refractivity contribution in [1.29, 1.82) is 0 Å². The number of rotatable bonds is 11. The van der Waals surface area contributed by atoms with E-state index in [1.54, 1.807) is 4.90 Å². The predicted octanol–water partition coefficient (Wildman–Crippen LogP) is 6.46. The molecule has 0 spiro atoms. The molecule has 0 radical (unpaired) electrons. The summed E-state index contributed by atoms with van der Waals surface area (Å²) < 4.78 is 6.84. The van der Waals surface area contributed by atoms with E-state index in [4.69, 9.17) is 4.74 Å². The highest BCUT2D eigenvalue weighted by molar-refractivity contribution is 9.10. The van der Waals surface area contributed by atoms with Crippen LogP contribution in [0.5, 0.6) is 5.75 Å². The Balaban J connectivity index is 1.62. The predicted molar refractivity (Wildman–Crippen MR) is 156 cm³/mol. The Morgan fingerprint density at radius 3 is 2.34 bits per heavy atom. The van der Waals surface area contributed by atoms with Crippen molar-refractivity contribution in [2.75, 3.05) is 13.2 Å². The van der Waals surface area contributed by atoms with Crippen LogP contribution in [0.15, 0.2) is 95.5 Å². The number of carbonyl (C=O) groups is 2. The third-order valence-electron chi connectivity index (χ3n) is 6.47. The van der Waals surface area contributed by atoms with Gasteiger partial charge in [0.2, 0.25) is 5.91 Å². The van der Waals surface area contributed by atoms with Gasteiger partial charge in [0.05, 0.1) is 4.47 Å². The fraction of sp³-hybridized carbons (Fsp3) is 0.250. The maximum absolute atomic E-state index is 13.8. The molecule has 0 bridgehead atoms. The third kappa shape index (κ3) is 7.01. The zero-order chi connectivity index (χ0) is 26.9. The van der Waals surface area contributed by atoms with Crippen LogP contribution in [-0.4, -0.2) is 35.9 Å². The van der Waals surface area contributed by atoms with Crippen molar-refractivity contribution in [3.8, 4) is 5.75 Å². The highest BCUT2D eigenvalue weighted by Gasteiger charge is 2.30. The van der Waals surface area contributed by atoms with Gasteiger partial charge >= 0.3 is 0 Å². The van der Waals surface area contributed by atoms with Gasteiger partial charge in [0.15, 0.2) is 6.61 Å². The second-order valence-electron chi connectivity index (χ2n) is 9.39. The van der Waals surface area contributed by atoms with Crippen molar-refractivity contribution in [3.05, 3.63) is 112 Å². The van der Waals surface area contributed by atoms with E-state index in [-0.39, 0.29) is 18.4 Å². The minimum Gasteiger partial charge on any atom is -0.483 e. The summed E-state index contributed by atoms with van der Waals surface area (Å²) in [4.78, 5) is 28.8. The molecule has 4 rings (SSSR count). The van der Waals surface area contributed by atoms with Gasteiger partial charge in [-0.1, -0.05) is 97.4 Å². The number of amides is 2. The first-order valence-electron chi connectivity index (χ1n) is 12.9. The van der Waals surface area contributed by atoms with Crippen LogP contribution in [0, 0.1) is 6.92 Å². The van der Waals surface area contributed by atoms with Crippen LogP contribution in [0.1, 0.15) is 30.0 Å². The number of nitrogens with one attached hydrogen (secondary N) is 1. The van der Waals surface area contributed by atoms with Crippen LogP contribution in [0.2, 0.25) is 0 Å². The molecule has 0 aliphatic rings. The number of ether oxygens (including phenoxy) is 1. The number of benzene rings is 4. The number of halogens is 1. The van der Waals surface area contributed by atoms with Crippen molar-refractivity contribution in [1.82, 2.24) is 10.2 Å². The summed E-state index contributed by atoms with van der Waals surface area (Å²) in [7, 11) is 0. The Morgan fingerprint density at radius 1 is 0.895 bits per heavy atom. The Labute approximate surface area is 232 Å². The number of carbonyl (C=O) groups excluding carboxylic acids is 2. The van der Waals surface area contributed by atoms with Crippen molar-refractivity contribution >= 4 is 38.5 Å². The van der Waals surface area contributed by atoms with Gasteiger partial charge in [0.1, 0.15) is 11.8 Å². The van der Waals surface area contributed by atoms with Crippen molar-refractivity contribution in [2.45, 2.75) is 39.3 Å². The fourth-order valence-electron chi connectivity index (χ4n) is 4.36. The molecule has 0 aliphatic heterocycles. The van der Waals surface area contributed by atoms with Gasteiger partial charge in [-0.3, -0.25) is 9.59 Å². The molecule has 4 aromatic carbocycles. The van der Waals surface area contributed by atoms with Crippen LogP contribution in [-0.2, 0) is 22.6 Å². The lowest BCUT2D eigenvalue weighted by molar-refractivity contribution is -0.142. The molecule has 196 valence electrons. The monoisotopic (exact) mass is 572 g/mol. The van der Waals surface area contributed by atoms with Gasteiger partial charge in [-0.2, -0.15) is 0 Å². The molecule has 0 aromatic heterocycles. The van der Waals surface area contributed by atoms with E-state index in [1.165, 1.54) is 0 Å². The van der Waals surface area contributed by atoms with E-state index in [9.17, 15) is 9.59 Å². The quantitative estimate of drug-likeness (QED) is 0.224. The lowest BCUT2D eigenvalue weighted by Gasteiger charge is -2.31. The second kappa shape index (κ2) is 13.2. The maximum atomic E-state index is 13.8. The van der Waals surface area contributed by atoms with Gasteiger partial charge in [0, 0.05) is 19.5 Å². The van der Waals surface area contributed by atoms with E-state index in [0.29, 0.717) is 25.3 Å². The van der Waals surface area contributed by atoms with Crippen molar-refractivity contribution in [3.63, 3.8) is 0 Å². The largest absolute Gasteiger partial charge is 0.483 e. The Hall–Kier alpha value is -3.64. The van der Waals surface area contributed by atoms with Gasteiger partial charge in [-0.25, -0.2) is 0 Å². The summed E-state index contributed by atoms with van der Waals surface area (Å²) in [6, 6.07) is 29.0. The highest BCUT2D eigenvalue weighted by atomic mass is 79.9. The SMILES string of the molecule is CCCNC(=O)[C@H](Cc1ccccc1)N(Cc1ccc(C)cc1)C(=O)COc1ccc2ccccc2c1Br. The number of nitrogens with zero attached hydrogens (tertiary/aromatic N) is 1. The van der Waals surface area contributed by atoms with Crippen LogP contribution < -0.4 is 10.1 Å². The lowest BCUT2D eigenvalue weighted by atomic mass is 10.0. The van der Waals surface area contributed by atoms with E-state index < -0.39 is 6.04 Å². The zero-order valence-corrected chi connectivity index (χ0v) is 23.4. The summed E-state index contributed by atoms with van der Waals surface area (Å²) in [5, 5.41) is 5.09. The first-order chi connectivity index (χ1) is 18.5. The Morgan fingerprint density at radius 2 is 1.61 bits per heavy atom. The maximum Gasteiger partial charge on any atom is 0.261 e. The standard InChI is InChI=1S/C32H33BrN2O3/c1-3-19-34-32(37)28(20-24-9-5-4-6-10-24)35(21-25-15-13-23(2)14-16-25)30(36)22-38-29-18-17-26-11-7-8-12-27(26)31(29)33/h4-18,28H,3,19-22H2,1-2H3,(H,34,37)/t28-/m0/s1. The first-order valence-corrected chi connectivity index (χ1v) is 13.7. The zero-order valence-electron chi connectivity index (χ0n) is 21.8. The smallest absolute Gasteiger partial charge is 0.261 e. The first kappa shape index (κ1) is 27.4. The normalized spacial score (nSPS) is 11.7. The van der Waals surface area contributed by atoms with Crippen molar-refractivity contribution in [2.24, 2.45) is 0 Å². The topological polar surface area (TPSA) is 58.6 Å². The van der Waals surface area contributed by atoms with Crippen LogP contribution in [0.4, 0.5) is 0 Å². The molecule has 6 heteroatoms. The molecule has 0 saturated heterocycles. The number of hydrogen-bond acceptors (Lipinski definition) is 3. The van der Waals surface area contributed by atoms with E-state index in [0.717, 1.165) is 38.4 Å². The van der Waals surface area contributed by atoms with Crippen LogP contribution in [0.25, 0.3) is 10.8 Å². The molecule has 0 heterocycles. The lowest BCUT2D eigenvalue weighted by Crippen LogP contribution is -2.51. The van der Waals surface area contributed by atoms with Crippen LogP contribution >= 0.6 is 15.9 Å².